The van der Waals surface area contributed by atoms with Gasteiger partial charge in [0.25, 0.3) is 5.56 Å². The van der Waals surface area contributed by atoms with Gasteiger partial charge in [0.1, 0.15) is 18.2 Å². The maximum atomic E-state index is 13.8. The van der Waals surface area contributed by atoms with Crippen molar-refractivity contribution in [2.24, 2.45) is 0 Å². The van der Waals surface area contributed by atoms with Crippen molar-refractivity contribution in [3.63, 3.8) is 0 Å². The van der Waals surface area contributed by atoms with Gasteiger partial charge in [-0.25, -0.2) is 13.8 Å². The van der Waals surface area contributed by atoms with Gasteiger partial charge in [-0.05, 0) is 31.2 Å². The normalized spacial score (nSPS) is 10.8. The van der Waals surface area contributed by atoms with Gasteiger partial charge in [0.05, 0.1) is 16.7 Å². The van der Waals surface area contributed by atoms with Gasteiger partial charge in [0.15, 0.2) is 0 Å². The molecule has 0 saturated carbocycles. The molecule has 1 N–H and O–H groups in total. The van der Waals surface area contributed by atoms with Crippen molar-refractivity contribution in [1.82, 2.24) is 9.55 Å². The molecule has 0 radical (unpaired) electrons. The number of nitrogens with zero attached hydrogens (tertiary/aromatic N) is 3. The molecule has 7 nitrogen and oxygen atoms in total. The lowest BCUT2D eigenvalue weighted by atomic mass is 10.2. The summed E-state index contributed by atoms with van der Waals surface area (Å²) >= 11 is 0. The van der Waals surface area contributed by atoms with E-state index in [1.54, 1.807) is 31.2 Å². The lowest BCUT2D eigenvalue weighted by molar-refractivity contribution is -0.117. The van der Waals surface area contributed by atoms with Crippen LogP contribution in [0.5, 0.6) is 0 Å². The summed E-state index contributed by atoms with van der Waals surface area (Å²) in [5, 5.41) is 2.32. The summed E-state index contributed by atoms with van der Waals surface area (Å²) in [5.74, 6) is -2.85. The fourth-order valence-electron chi connectivity index (χ4n) is 2.96. The van der Waals surface area contributed by atoms with E-state index in [-0.39, 0.29) is 24.0 Å². The van der Waals surface area contributed by atoms with E-state index < -0.39 is 29.6 Å². The van der Waals surface area contributed by atoms with Crippen LogP contribution in [0, 0.1) is 11.6 Å². The summed E-state index contributed by atoms with van der Waals surface area (Å²) in [6.45, 7) is 2.80. The third-order valence-electron chi connectivity index (χ3n) is 4.29. The van der Waals surface area contributed by atoms with Crippen LogP contribution in [0.1, 0.15) is 13.8 Å². The average molecular weight is 400 g/mol. The molecule has 0 aliphatic heterocycles. The van der Waals surface area contributed by atoms with Crippen LogP contribution in [0.4, 0.5) is 20.3 Å². The summed E-state index contributed by atoms with van der Waals surface area (Å²) in [6, 6.07) is 9.41. The molecule has 1 aromatic heterocycles. The molecule has 150 valence electrons. The van der Waals surface area contributed by atoms with Crippen LogP contribution in [0.2, 0.25) is 0 Å². The fraction of sp³-hybridized carbons (Fsp3) is 0.200. The Bertz CT molecular complexity index is 1160. The SMILES string of the molecule is CCN(C(C)=O)c1nc2ccccc2n(CC(=O)Nc2ccc(F)cc2F)c1=O. The van der Waals surface area contributed by atoms with Gasteiger partial charge >= 0.3 is 0 Å². The Morgan fingerprint density at radius 1 is 1.17 bits per heavy atom. The minimum atomic E-state index is -0.931. The molecule has 0 unspecified atom stereocenters. The minimum absolute atomic E-state index is 0.0977. The van der Waals surface area contributed by atoms with E-state index in [2.05, 4.69) is 10.3 Å². The topological polar surface area (TPSA) is 84.3 Å². The van der Waals surface area contributed by atoms with Gasteiger partial charge in [0.2, 0.25) is 17.6 Å². The average Bonchev–Trinajstić information content (AvgIpc) is 2.67. The summed E-state index contributed by atoms with van der Waals surface area (Å²) in [6.07, 6.45) is 0. The maximum absolute atomic E-state index is 13.8. The van der Waals surface area contributed by atoms with Crippen LogP contribution in [0.3, 0.4) is 0 Å². The van der Waals surface area contributed by atoms with E-state index in [4.69, 9.17) is 0 Å². The lowest BCUT2D eigenvalue weighted by Gasteiger charge is -2.19. The first kappa shape index (κ1) is 20.1. The van der Waals surface area contributed by atoms with E-state index in [0.29, 0.717) is 17.1 Å². The van der Waals surface area contributed by atoms with Crippen molar-refractivity contribution in [3.8, 4) is 0 Å². The van der Waals surface area contributed by atoms with Crippen LogP contribution in [0.25, 0.3) is 11.0 Å². The van der Waals surface area contributed by atoms with Crippen LogP contribution >= 0.6 is 0 Å². The van der Waals surface area contributed by atoms with Crippen LogP contribution < -0.4 is 15.8 Å². The molecule has 0 spiro atoms. The zero-order valence-electron chi connectivity index (χ0n) is 15.8. The van der Waals surface area contributed by atoms with Crippen molar-refractivity contribution in [2.45, 2.75) is 20.4 Å². The molecule has 3 aromatic rings. The van der Waals surface area contributed by atoms with E-state index in [1.807, 2.05) is 0 Å². The zero-order chi connectivity index (χ0) is 21.1. The van der Waals surface area contributed by atoms with E-state index in [9.17, 15) is 23.2 Å². The first-order chi connectivity index (χ1) is 13.8. The molecule has 0 aliphatic rings. The molecule has 0 aliphatic carbocycles. The van der Waals surface area contributed by atoms with Gasteiger partial charge < -0.3 is 5.32 Å². The number of hydrogen-bond donors (Lipinski definition) is 1. The Morgan fingerprint density at radius 3 is 2.55 bits per heavy atom. The Kier molecular flexibility index (Phi) is 5.67. The molecule has 2 aromatic carbocycles. The van der Waals surface area contributed by atoms with E-state index in [0.717, 1.165) is 12.1 Å². The van der Waals surface area contributed by atoms with Crippen molar-refractivity contribution in [3.05, 3.63) is 64.5 Å². The van der Waals surface area contributed by atoms with E-state index >= 15 is 0 Å². The molecule has 2 amide bonds. The lowest BCUT2D eigenvalue weighted by Crippen LogP contribution is -2.38. The molecule has 0 atom stereocenters. The third kappa shape index (κ3) is 4.13. The monoisotopic (exact) mass is 400 g/mol. The number of hydrogen-bond acceptors (Lipinski definition) is 4. The van der Waals surface area contributed by atoms with Crippen LogP contribution in [-0.4, -0.2) is 27.9 Å². The summed E-state index contributed by atoms with van der Waals surface area (Å²) in [4.78, 5) is 42.8. The van der Waals surface area contributed by atoms with Crippen LogP contribution in [-0.2, 0) is 16.1 Å². The van der Waals surface area contributed by atoms with Crippen molar-refractivity contribution >= 4 is 34.4 Å². The number of halogens is 2. The molecular formula is C20H18F2N4O3. The second-order valence-electron chi connectivity index (χ2n) is 6.25. The minimum Gasteiger partial charge on any atom is -0.322 e. The second kappa shape index (κ2) is 8.17. The zero-order valence-corrected chi connectivity index (χ0v) is 15.8. The quantitative estimate of drug-likeness (QED) is 0.714. The highest BCUT2D eigenvalue weighted by Gasteiger charge is 2.20. The molecule has 0 saturated heterocycles. The second-order valence-corrected chi connectivity index (χ2v) is 6.25. The number of fused-ring (bicyclic) bond motifs is 1. The molecule has 0 bridgehead atoms. The number of nitrogens with one attached hydrogen (secondary N) is 1. The van der Waals surface area contributed by atoms with Gasteiger partial charge in [0, 0.05) is 19.5 Å². The number of para-hydroxylation sites is 2. The van der Waals surface area contributed by atoms with Crippen LogP contribution in [0.15, 0.2) is 47.3 Å². The molecule has 29 heavy (non-hydrogen) atoms. The number of carbonyl (C=O) groups is 2. The number of carbonyl (C=O) groups excluding carboxylic acids is 2. The largest absolute Gasteiger partial charge is 0.322 e. The molecular weight excluding hydrogens is 382 g/mol. The highest BCUT2D eigenvalue weighted by Crippen LogP contribution is 2.17. The molecule has 0 fully saturated rings. The number of amides is 2. The fourth-order valence-corrected chi connectivity index (χ4v) is 2.96. The summed E-state index contributed by atoms with van der Waals surface area (Å²) < 4.78 is 28.0. The van der Waals surface area contributed by atoms with E-state index in [1.165, 1.54) is 16.4 Å². The number of aromatic nitrogens is 2. The standard InChI is InChI=1S/C20H18F2N4O3/c1-3-25(12(2)27)19-20(29)26(17-7-5-4-6-16(17)24-19)11-18(28)23-15-9-8-13(21)10-14(15)22/h4-10H,3,11H2,1-2H3,(H,23,28). The number of rotatable bonds is 5. The highest BCUT2D eigenvalue weighted by atomic mass is 19.1. The molecule has 9 heteroatoms. The summed E-state index contributed by atoms with van der Waals surface area (Å²) in [7, 11) is 0. The molecule has 1 heterocycles. The Balaban J connectivity index is 2.03. The number of benzene rings is 2. The smallest absolute Gasteiger partial charge is 0.294 e. The van der Waals surface area contributed by atoms with Gasteiger partial charge in [-0.1, -0.05) is 12.1 Å². The first-order valence-electron chi connectivity index (χ1n) is 8.84. The van der Waals surface area contributed by atoms with Crippen molar-refractivity contribution in [1.29, 1.82) is 0 Å². The van der Waals surface area contributed by atoms with Crippen molar-refractivity contribution < 1.29 is 18.4 Å². The van der Waals surface area contributed by atoms with Gasteiger partial charge in [-0.3, -0.25) is 23.9 Å². The predicted molar refractivity (Wildman–Crippen MR) is 105 cm³/mol. The Morgan fingerprint density at radius 2 is 1.90 bits per heavy atom. The number of anilines is 2. The van der Waals surface area contributed by atoms with Gasteiger partial charge in [-0.15, -0.1) is 0 Å². The Hall–Kier alpha value is -3.62. The maximum Gasteiger partial charge on any atom is 0.294 e. The Labute approximate surface area is 164 Å². The third-order valence-corrected chi connectivity index (χ3v) is 4.29. The summed E-state index contributed by atoms with van der Waals surface area (Å²) in [5.41, 5.74) is -0.0319. The molecule has 3 rings (SSSR count). The predicted octanol–water partition coefficient (Wildman–Crippen LogP) is 2.69. The van der Waals surface area contributed by atoms with Gasteiger partial charge in [-0.2, -0.15) is 0 Å². The first-order valence-corrected chi connectivity index (χ1v) is 8.84. The van der Waals surface area contributed by atoms with Crippen molar-refractivity contribution in [2.75, 3.05) is 16.8 Å². The highest BCUT2D eigenvalue weighted by molar-refractivity contribution is 5.93.